The summed E-state index contributed by atoms with van der Waals surface area (Å²) in [6, 6.07) is 5.94. The van der Waals surface area contributed by atoms with Gasteiger partial charge >= 0.3 is 0 Å². The number of anilines is 1. The molecule has 27 heavy (non-hydrogen) atoms. The Hall–Kier alpha value is -2.54. The molecule has 0 fully saturated rings. The second kappa shape index (κ2) is 8.90. The van der Waals surface area contributed by atoms with E-state index in [1.165, 1.54) is 11.3 Å². The van der Waals surface area contributed by atoms with E-state index in [0.29, 0.717) is 6.54 Å². The molecular weight excluding hydrogens is 358 g/mol. The Morgan fingerprint density at radius 2 is 2.11 bits per heavy atom. The Balaban J connectivity index is 1.82. The van der Waals surface area contributed by atoms with E-state index >= 15 is 0 Å². The van der Waals surface area contributed by atoms with Gasteiger partial charge in [-0.1, -0.05) is 19.4 Å². The van der Waals surface area contributed by atoms with Crippen molar-refractivity contribution in [2.45, 2.75) is 33.1 Å². The summed E-state index contributed by atoms with van der Waals surface area (Å²) in [7, 11) is 2.02. The highest BCUT2D eigenvalue weighted by Gasteiger charge is 2.20. The number of hydrogen-bond donors (Lipinski definition) is 1. The van der Waals surface area contributed by atoms with Gasteiger partial charge in [0.1, 0.15) is 17.0 Å². The molecule has 0 aliphatic carbocycles. The molecule has 0 unspecified atom stereocenters. The van der Waals surface area contributed by atoms with Crippen molar-refractivity contribution in [1.82, 2.24) is 20.3 Å². The van der Waals surface area contributed by atoms with Gasteiger partial charge in [0.05, 0.1) is 10.3 Å². The fraction of sp³-hybridized carbons (Fsp3) is 0.400. The van der Waals surface area contributed by atoms with Gasteiger partial charge in [-0.15, -0.1) is 11.3 Å². The zero-order chi connectivity index (χ0) is 19.2. The van der Waals surface area contributed by atoms with Gasteiger partial charge in [0.15, 0.2) is 0 Å². The fourth-order valence-corrected chi connectivity index (χ4v) is 4.01. The molecule has 142 valence electrons. The van der Waals surface area contributed by atoms with Crippen LogP contribution in [0, 0.1) is 6.92 Å². The maximum atomic E-state index is 12.5. The first-order chi connectivity index (χ1) is 13.1. The van der Waals surface area contributed by atoms with Gasteiger partial charge in [-0.25, -0.2) is 9.97 Å². The van der Waals surface area contributed by atoms with Crippen LogP contribution in [0.4, 0.5) is 5.82 Å². The lowest BCUT2D eigenvalue weighted by atomic mass is 10.2. The van der Waals surface area contributed by atoms with E-state index in [1.807, 2.05) is 38.4 Å². The summed E-state index contributed by atoms with van der Waals surface area (Å²) in [5.74, 6) is 0.836. The summed E-state index contributed by atoms with van der Waals surface area (Å²) in [6.45, 7) is 5.58. The topological polar surface area (TPSA) is 71.0 Å². The van der Waals surface area contributed by atoms with E-state index in [-0.39, 0.29) is 5.91 Å². The minimum absolute atomic E-state index is 0.0222. The summed E-state index contributed by atoms with van der Waals surface area (Å²) in [6.07, 6.45) is 6.25. The maximum Gasteiger partial charge on any atom is 0.261 e. The lowest BCUT2D eigenvalue weighted by molar-refractivity contribution is 0.0957. The van der Waals surface area contributed by atoms with Gasteiger partial charge < -0.3 is 10.2 Å². The number of rotatable bonds is 8. The van der Waals surface area contributed by atoms with Crippen LogP contribution in [0.25, 0.3) is 10.2 Å². The Morgan fingerprint density at radius 1 is 1.26 bits per heavy atom. The van der Waals surface area contributed by atoms with Crippen molar-refractivity contribution in [2.75, 3.05) is 25.0 Å². The molecule has 0 aliphatic rings. The number of unbranched alkanes of at least 4 members (excludes halogenated alkanes) is 1. The van der Waals surface area contributed by atoms with Crippen molar-refractivity contribution >= 4 is 33.3 Å². The van der Waals surface area contributed by atoms with Gasteiger partial charge in [-0.05, 0) is 31.0 Å². The first-order valence-electron chi connectivity index (χ1n) is 9.25. The zero-order valence-electron chi connectivity index (χ0n) is 16.0. The quantitative estimate of drug-likeness (QED) is 0.602. The molecule has 3 rings (SSSR count). The lowest BCUT2D eigenvalue weighted by Gasteiger charge is -2.19. The van der Waals surface area contributed by atoms with Gasteiger partial charge in [0.2, 0.25) is 0 Å². The monoisotopic (exact) mass is 383 g/mol. The normalized spacial score (nSPS) is 10.9. The number of carbonyl (C=O) groups is 1. The van der Waals surface area contributed by atoms with Gasteiger partial charge in [0, 0.05) is 38.4 Å². The highest BCUT2D eigenvalue weighted by Crippen LogP contribution is 2.34. The number of thiophene rings is 1. The highest BCUT2D eigenvalue weighted by molar-refractivity contribution is 7.20. The predicted octanol–water partition coefficient (Wildman–Crippen LogP) is 3.60. The number of carbonyl (C=O) groups excluding carboxylic acids is 1. The first-order valence-corrected chi connectivity index (χ1v) is 10.1. The molecule has 3 aromatic heterocycles. The molecule has 0 bridgehead atoms. The van der Waals surface area contributed by atoms with Crippen LogP contribution in [0.2, 0.25) is 0 Å². The average molecular weight is 384 g/mol. The van der Waals surface area contributed by atoms with E-state index in [9.17, 15) is 4.79 Å². The molecule has 0 saturated carbocycles. The molecule has 0 saturated heterocycles. The van der Waals surface area contributed by atoms with Crippen LogP contribution in [0.15, 0.2) is 30.7 Å². The number of nitrogens with zero attached hydrogens (tertiary/aromatic N) is 4. The summed E-state index contributed by atoms with van der Waals surface area (Å²) in [4.78, 5) is 29.5. The molecule has 3 aromatic rings. The van der Waals surface area contributed by atoms with E-state index in [4.69, 9.17) is 0 Å². The number of aryl methyl sites for hydroxylation is 1. The molecule has 0 radical (unpaired) electrons. The molecule has 7 heteroatoms. The van der Waals surface area contributed by atoms with Crippen molar-refractivity contribution in [1.29, 1.82) is 0 Å². The van der Waals surface area contributed by atoms with Crippen LogP contribution < -0.4 is 10.2 Å². The number of fused-ring (bicyclic) bond motifs is 1. The van der Waals surface area contributed by atoms with Crippen molar-refractivity contribution < 1.29 is 4.79 Å². The molecule has 0 aliphatic heterocycles. The largest absolute Gasteiger partial charge is 0.359 e. The van der Waals surface area contributed by atoms with E-state index in [0.717, 1.165) is 58.0 Å². The van der Waals surface area contributed by atoms with E-state index in [2.05, 4.69) is 32.1 Å². The van der Waals surface area contributed by atoms with Crippen LogP contribution in [-0.4, -0.2) is 41.0 Å². The van der Waals surface area contributed by atoms with Crippen molar-refractivity contribution in [3.63, 3.8) is 0 Å². The third-order valence-electron chi connectivity index (χ3n) is 4.52. The van der Waals surface area contributed by atoms with Gasteiger partial charge in [-0.2, -0.15) is 0 Å². The van der Waals surface area contributed by atoms with Crippen LogP contribution in [0.5, 0.6) is 0 Å². The molecule has 0 aromatic carbocycles. The molecule has 3 heterocycles. The summed E-state index contributed by atoms with van der Waals surface area (Å²) in [5.41, 5.74) is 2.00. The third-order valence-corrected chi connectivity index (χ3v) is 5.72. The predicted molar refractivity (Wildman–Crippen MR) is 111 cm³/mol. The van der Waals surface area contributed by atoms with Gasteiger partial charge in [0.25, 0.3) is 5.91 Å². The molecule has 1 amide bonds. The molecule has 6 nitrogen and oxygen atoms in total. The van der Waals surface area contributed by atoms with Crippen molar-refractivity contribution in [2.24, 2.45) is 0 Å². The zero-order valence-corrected chi connectivity index (χ0v) is 16.8. The summed E-state index contributed by atoms with van der Waals surface area (Å²) < 4.78 is 0. The third kappa shape index (κ3) is 4.42. The van der Waals surface area contributed by atoms with Crippen molar-refractivity contribution in [3.05, 3.63) is 46.9 Å². The fourth-order valence-electron chi connectivity index (χ4n) is 2.95. The smallest absolute Gasteiger partial charge is 0.261 e. The minimum Gasteiger partial charge on any atom is -0.359 e. The second-order valence-electron chi connectivity index (χ2n) is 6.54. The first kappa shape index (κ1) is 19.2. The Kier molecular flexibility index (Phi) is 6.34. The van der Waals surface area contributed by atoms with Crippen LogP contribution >= 0.6 is 11.3 Å². The number of pyridine rings is 1. The summed E-state index contributed by atoms with van der Waals surface area (Å²) >= 11 is 1.43. The van der Waals surface area contributed by atoms with Crippen molar-refractivity contribution in [3.8, 4) is 0 Å². The van der Waals surface area contributed by atoms with Crippen LogP contribution in [0.1, 0.15) is 40.7 Å². The Bertz CT molecular complexity index is 909. The standard InChI is InChI=1S/C20H25N5OS/c1-4-5-10-22-19(26)17-14(2)16-18(23-13-24-20(16)27-17)25(3)12-9-15-8-6-7-11-21-15/h6-8,11,13H,4-5,9-10,12H2,1-3H3,(H,22,26). The molecule has 0 spiro atoms. The van der Waals surface area contributed by atoms with Crippen LogP contribution in [0.3, 0.4) is 0 Å². The number of nitrogens with one attached hydrogen (secondary N) is 1. The second-order valence-corrected chi connectivity index (χ2v) is 7.53. The maximum absolute atomic E-state index is 12.5. The van der Waals surface area contributed by atoms with Gasteiger partial charge in [-0.3, -0.25) is 9.78 Å². The van der Waals surface area contributed by atoms with Crippen LogP contribution in [-0.2, 0) is 6.42 Å². The molecule has 0 atom stereocenters. The lowest BCUT2D eigenvalue weighted by Crippen LogP contribution is -2.24. The Labute approximate surface area is 163 Å². The average Bonchev–Trinajstić information content (AvgIpc) is 3.04. The number of hydrogen-bond acceptors (Lipinski definition) is 6. The Morgan fingerprint density at radius 3 is 2.85 bits per heavy atom. The van der Waals surface area contributed by atoms with E-state index in [1.54, 1.807) is 6.33 Å². The minimum atomic E-state index is -0.0222. The van der Waals surface area contributed by atoms with E-state index < -0.39 is 0 Å². The number of likely N-dealkylation sites (N-methyl/N-ethyl adjacent to an activating group) is 1. The molecular formula is C20H25N5OS. The number of aromatic nitrogens is 3. The summed E-state index contributed by atoms with van der Waals surface area (Å²) in [5, 5.41) is 3.96. The molecule has 1 N–H and O–H groups in total. The number of amides is 1. The highest BCUT2D eigenvalue weighted by atomic mass is 32.1. The SMILES string of the molecule is CCCCNC(=O)c1sc2ncnc(N(C)CCc3ccccn3)c2c1C.